The van der Waals surface area contributed by atoms with Gasteiger partial charge in [-0.25, -0.2) is 12.7 Å². The van der Waals surface area contributed by atoms with E-state index in [1.165, 1.54) is 10.6 Å². The zero-order valence-corrected chi connectivity index (χ0v) is 12.6. The van der Waals surface area contributed by atoms with Crippen molar-refractivity contribution in [2.75, 3.05) is 25.9 Å². The lowest BCUT2D eigenvalue weighted by atomic mass is 9.98. The van der Waals surface area contributed by atoms with Crippen LogP contribution in [0.3, 0.4) is 0 Å². The van der Waals surface area contributed by atoms with Gasteiger partial charge < -0.3 is 11.1 Å². The van der Waals surface area contributed by atoms with Gasteiger partial charge in [0.15, 0.2) is 0 Å². The van der Waals surface area contributed by atoms with Crippen molar-refractivity contribution in [3.63, 3.8) is 0 Å². The summed E-state index contributed by atoms with van der Waals surface area (Å²) in [7, 11) is -3.08. The zero-order chi connectivity index (χ0) is 14.5. The summed E-state index contributed by atoms with van der Waals surface area (Å²) in [5.74, 6) is 0.239. The number of hydrogen-bond acceptors (Lipinski definition) is 4. The third-order valence-corrected chi connectivity index (χ3v) is 4.85. The number of nitrogens with one attached hydrogen (secondary N) is 1. The van der Waals surface area contributed by atoms with Crippen LogP contribution in [0, 0.1) is 5.92 Å². The third kappa shape index (κ3) is 5.46. The van der Waals surface area contributed by atoms with Gasteiger partial charge in [0.2, 0.25) is 15.9 Å². The summed E-state index contributed by atoms with van der Waals surface area (Å²) in [6.07, 6.45) is 4.39. The second-order valence-electron chi connectivity index (χ2n) is 5.25. The van der Waals surface area contributed by atoms with Gasteiger partial charge >= 0.3 is 0 Å². The molecule has 0 aromatic carbocycles. The van der Waals surface area contributed by atoms with E-state index in [9.17, 15) is 13.2 Å². The average Bonchev–Trinajstić information content (AvgIpc) is 2.35. The van der Waals surface area contributed by atoms with Gasteiger partial charge in [-0.3, -0.25) is 4.79 Å². The highest BCUT2D eigenvalue weighted by molar-refractivity contribution is 7.88. The van der Waals surface area contributed by atoms with E-state index in [4.69, 9.17) is 5.73 Å². The topological polar surface area (TPSA) is 92.5 Å². The van der Waals surface area contributed by atoms with Crippen LogP contribution in [-0.4, -0.2) is 50.6 Å². The molecule has 1 atom stereocenters. The van der Waals surface area contributed by atoms with Gasteiger partial charge in [0.05, 0.1) is 12.3 Å². The Hall–Kier alpha value is -0.660. The first-order valence-electron chi connectivity index (χ1n) is 6.83. The molecular formula is C12H25N3O3S. The van der Waals surface area contributed by atoms with Gasteiger partial charge in [-0.1, -0.05) is 13.3 Å². The molecule has 1 saturated heterocycles. The third-order valence-electron chi connectivity index (χ3n) is 3.54. The number of rotatable bonds is 6. The number of piperidine rings is 1. The van der Waals surface area contributed by atoms with Crippen molar-refractivity contribution in [1.82, 2.24) is 9.62 Å². The molecule has 19 heavy (non-hydrogen) atoms. The molecule has 1 aliphatic heterocycles. The van der Waals surface area contributed by atoms with E-state index in [-0.39, 0.29) is 5.91 Å². The maximum absolute atomic E-state index is 11.7. The molecule has 0 spiro atoms. The number of carbonyl (C=O) groups excluding carboxylic acids is 1. The van der Waals surface area contributed by atoms with Crippen molar-refractivity contribution in [2.24, 2.45) is 11.7 Å². The summed E-state index contributed by atoms with van der Waals surface area (Å²) in [4.78, 5) is 11.7. The molecule has 1 amide bonds. The standard InChI is InChI=1S/C12H25N3O3S/c1-3-4-11(13)12(16)14-9-10-5-7-15(8-6-10)19(2,17)18/h10-11H,3-9,13H2,1-2H3,(H,14,16). The predicted octanol–water partition coefficient (Wildman–Crippen LogP) is -0.0984. The number of hydrogen-bond donors (Lipinski definition) is 2. The van der Waals surface area contributed by atoms with E-state index in [0.29, 0.717) is 32.0 Å². The summed E-state index contributed by atoms with van der Waals surface area (Å²) in [5.41, 5.74) is 5.72. The van der Waals surface area contributed by atoms with Crippen LogP contribution in [0.1, 0.15) is 32.6 Å². The number of carbonyl (C=O) groups is 1. The molecule has 0 aromatic rings. The Morgan fingerprint density at radius 2 is 2.00 bits per heavy atom. The average molecular weight is 291 g/mol. The second kappa shape index (κ2) is 7.21. The van der Waals surface area contributed by atoms with Gasteiger partial charge in [0, 0.05) is 19.6 Å². The van der Waals surface area contributed by atoms with Crippen molar-refractivity contribution in [3.05, 3.63) is 0 Å². The maximum atomic E-state index is 11.7. The molecule has 0 radical (unpaired) electrons. The zero-order valence-electron chi connectivity index (χ0n) is 11.8. The Balaban J connectivity index is 2.28. The van der Waals surface area contributed by atoms with E-state index in [2.05, 4.69) is 5.32 Å². The molecule has 1 fully saturated rings. The van der Waals surface area contributed by atoms with E-state index >= 15 is 0 Å². The molecule has 1 unspecified atom stereocenters. The van der Waals surface area contributed by atoms with Crippen LogP contribution >= 0.6 is 0 Å². The summed E-state index contributed by atoms with van der Waals surface area (Å²) in [6, 6.07) is -0.430. The molecule has 6 nitrogen and oxygen atoms in total. The van der Waals surface area contributed by atoms with E-state index in [1.807, 2.05) is 6.92 Å². The molecule has 112 valence electrons. The van der Waals surface area contributed by atoms with Crippen LogP contribution in [0.4, 0.5) is 0 Å². The Morgan fingerprint density at radius 3 is 2.47 bits per heavy atom. The minimum atomic E-state index is -3.08. The molecule has 7 heteroatoms. The molecule has 1 heterocycles. The normalized spacial score (nSPS) is 20.2. The van der Waals surface area contributed by atoms with Crippen molar-refractivity contribution in [3.8, 4) is 0 Å². The highest BCUT2D eigenvalue weighted by Gasteiger charge is 2.25. The van der Waals surface area contributed by atoms with Crippen molar-refractivity contribution in [1.29, 1.82) is 0 Å². The van der Waals surface area contributed by atoms with Crippen LogP contribution in [0.25, 0.3) is 0 Å². The lowest BCUT2D eigenvalue weighted by Crippen LogP contribution is -2.45. The fourth-order valence-corrected chi connectivity index (χ4v) is 3.14. The molecule has 0 aliphatic carbocycles. The fraction of sp³-hybridized carbons (Fsp3) is 0.917. The molecular weight excluding hydrogens is 266 g/mol. The first-order valence-corrected chi connectivity index (χ1v) is 8.67. The van der Waals surface area contributed by atoms with E-state index in [0.717, 1.165) is 19.3 Å². The number of amides is 1. The highest BCUT2D eigenvalue weighted by atomic mass is 32.2. The lowest BCUT2D eigenvalue weighted by molar-refractivity contribution is -0.122. The molecule has 1 rings (SSSR count). The van der Waals surface area contributed by atoms with Gasteiger partial charge in [0.25, 0.3) is 0 Å². The van der Waals surface area contributed by atoms with Crippen LogP contribution in [-0.2, 0) is 14.8 Å². The Kier molecular flexibility index (Phi) is 6.22. The Labute approximate surface area is 115 Å². The van der Waals surface area contributed by atoms with E-state index in [1.54, 1.807) is 0 Å². The number of sulfonamides is 1. The minimum Gasteiger partial charge on any atom is -0.354 e. The monoisotopic (exact) mass is 291 g/mol. The van der Waals surface area contributed by atoms with Crippen LogP contribution < -0.4 is 11.1 Å². The first-order chi connectivity index (χ1) is 8.84. The minimum absolute atomic E-state index is 0.104. The maximum Gasteiger partial charge on any atom is 0.236 e. The largest absolute Gasteiger partial charge is 0.354 e. The van der Waals surface area contributed by atoms with Crippen LogP contribution in [0.5, 0.6) is 0 Å². The molecule has 0 bridgehead atoms. The van der Waals surface area contributed by atoms with Gasteiger partial charge in [-0.15, -0.1) is 0 Å². The second-order valence-corrected chi connectivity index (χ2v) is 7.23. The SMILES string of the molecule is CCCC(N)C(=O)NCC1CCN(S(C)(=O)=O)CC1. The van der Waals surface area contributed by atoms with Gasteiger partial charge in [0.1, 0.15) is 0 Å². The summed E-state index contributed by atoms with van der Waals surface area (Å²) in [6.45, 7) is 3.67. The highest BCUT2D eigenvalue weighted by Crippen LogP contribution is 2.18. The fourth-order valence-electron chi connectivity index (χ4n) is 2.26. The summed E-state index contributed by atoms with van der Waals surface area (Å²) >= 11 is 0. The van der Waals surface area contributed by atoms with Crippen molar-refractivity contribution < 1.29 is 13.2 Å². The van der Waals surface area contributed by atoms with Crippen LogP contribution in [0.2, 0.25) is 0 Å². The van der Waals surface area contributed by atoms with Crippen LogP contribution in [0.15, 0.2) is 0 Å². The molecule has 0 saturated carbocycles. The van der Waals surface area contributed by atoms with Crippen molar-refractivity contribution >= 4 is 15.9 Å². The molecule has 3 N–H and O–H groups in total. The quantitative estimate of drug-likeness (QED) is 0.715. The Morgan fingerprint density at radius 1 is 1.42 bits per heavy atom. The van der Waals surface area contributed by atoms with Gasteiger partial charge in [-0.05, 0) is 25.2 Å². The predicted molar refractivity (Wildman–Crippen MR) is 75.0 cm³/mol. The Bertz CT molecular complexity index is 389. The smallest absolute Gasteiger partial charge is 0.236 e. The summed E-state index contributed by atoms with van der Waals surface area (Å²) in [5, 5.41) is 2.86. The van der Waals surface area contributed by atoms with Crippen molar-refractivity contribution in [2.45, 2.75) is 38.6 Å². The van der Waals surface area contributed by atoms with E-state index < -0.39 is 16.1 Å². The lowest BCUT2D eigenvalue weighted by Gasteiger charge is -2.30. The van der Waals surface area contributed by atoms with Gasteiger partial charge in [-0.2, -0.15) is 0 Å². The first kappa shape index (κ1) is 16.4. The number of nitrogens with two attached hydrogens (primary N) is 1. The molecule has 1 aliphatic rings. The number of nitrogens with zero attached hydrogens (tertiary/aromatic N) is 1. The summed E-state index contributed by atoms with van der Waals surface area (Å²) < 4.78 is 24.2. The molecule has 0 aromatic heterocycles.